The molecule has 0 aliphatic heterocycles. The van der Waals surface area contributed by atoms with Gasteiger partial charge in [-0.15, -0.1) is 0 Å². The summed E-state index contributed by atoms with van der Waals surface area (Å²) in [4.78, 5) is 14.7. The maximum atomic E-state index is 6.29. The molecule has 3 aromatic rings. The average molecular weight is 394 g/mol. The number of pyridine rings is 3. The highest BCUT2D eigenvalue weighted by atomic mass is 35.5. The van der Waals surface area contributed by atoms with Crippen LogP contribution in [0.1, 0.15) is 16.7 Å². The second-order valence-corrected chi connectivity index (χ2v) is 6.77. The Morgan fingerprint density at radius 1 is 0.600 bits per heavy atom. The van der Waals surface area contributed by atoms with E-state index in [9.17, 15) is 0 Å². The first kappa shape index (κ1) is 18.1. The molecule has 0 unspecified atom stereocenters. The number of aromatic nitrogens is 3. The molecule has 0 radical (unpaired) electrons. The first-order chi connectivity index (χ1) is 12.1. The van der Waals surface area contributed by atoms with Crippen LogP contribution >= 0.6 is 34.8 Å². The summed E-state index contributed by atoms with van der Waals surface area (Å²) in [6.45, 7) is 1.80. The van der Waals surface area contributed by atoms with Gasteiger partial charge in [0.25, 0.3) is 0 Å². The molecule has 25 heavy (non-hydrogen) atoms. The average Bonchev–Trinajstić information content (AvgIpc) is 2.61. The lowest BCUT2D eigenvalue weighted by molar-refractivity contribution is 0.247. The number of halogens is 3. The molecule has 128 valence electrons. The molecule has 0 atom stereocenters. The Balaban J connectivity index is 1.86. The molecule has 3 heterocycles. The van der Waals surface area contributed by atoms with Gasteiger partial charge in [-0.3, -0.25) is 19.9 Å². The van der Waals surface area contributed by atoms with Crippen LogP contribution < -0.4 is 0 Å². The zero-order valence-corrected chi connectivity index (χ0v) is 15.5. The summed E-state index contributed by atoms with van der Waals surface area (Å²) in [7, 11) is 0. The van der Waals surface area contributed by atoms with Crippen LogP contribution in [0.15, 0.2) is 55.4 Å². The second kappa shape index (κ2) is 8.59. The van der Waals surface area contributed by atoms with Crippen molar-refractivity contribution in [1.29, 1.82) is 0 Å². The van der Waals surface area contributed by atoms with Gasteiger partial charge in [0.2, 0.25) is 0 Å². The molecule has 7 heteroatoms. The summed E-state index contributed by atoms with van der Waals surface area (Å²) in [5.41, 5.74) is 2.80. The Labute approximate surface area is 161 Å². The molecule has 0 saturated carbocycles. The molecule has 0 aliphatic carbocycles. The molecular formula is C18H15Cl3N4. The summed E-state index contributed by atoms with van der Waals surface area (Å²) in [6, 6.07) is 5.34. The van der Waals surface area contributed by atoms with Gasteiger partial charge in [-0.25, -0.2) is 0 Å². The van der Waals surface area contributed by atoms with Crippen molar-refractivity contribution < 1.29 is 0 Å². The van der Waals surface area contributed by atoms with E-state index in [4.69, 9.17) is 34.8 Å². The Morgan fingerprint density at radius 2 is 0.920 bits per heavy atom. The molecule has 0 amide bonds. The van der Waals surface area contributed by atoms with E-state index in [2.05, 4.69) is 19.9 Å². The van der Waals surface area contributed by atoms with Gasteiger partial charge < -0.3 is 0 Å². The van der Waals surface area contributed by atoms with E-state index in [1.807, 2.05) is 0 Å². The minimum atomic E-state index is 0.600. The van der Waals surface area contributed by atoms with E-state index >= 15 is 0 Å². The van der Waals surface area contributed by atoms with E-state index in [-0.39, 0.29) is 0 Å². The van der Waals surface area contributed by atoms with Crippen molar-refractivity contribution in [3.63, 3.8) is 0 Å². The maximum Gasteiger partial charge on any atom is 0.0481 e. The summed E-state index contributed by atoms with van der Waals surface area (Å²) in [5.74, 6) is 0. The Bertz CT molecular complexity index is 744. The van der Waals surface area contributed by atoms with Gasteiger partial charge in [-0.2, -0.15) is 0 Å². The number of hydrogen-bond donors (Lipinski definition) is 0. The van der Waals surface area contributed by atoms with Gasteiger partial charge in [0.1, 0.15) is 0 Å². The van der Waals surface area contributed by atoms with Crippen LogP contribution in [0.3, 0.4) is 0 Å². The normalized spacial score (nSPS) is 11.0. The Kier molecular flexibility index (Phi) is 6.21. The predicted molar refractivity (Wildman–Crippen MR) is 101 cm³/mol. The van der Waals surface area contributed by atoms with Crippen molar-refractivity contribution in [3.8, 4) is 0 Å². The zero-order chi connectivity index (χ0) is 17.6. The fraction of sp³-hybridized carbons (Fsp3) is 0.167. The summed E-state index contributed by atoms with van der Waals surface area (Å²) < 4.78 is 0. The third-order valence-electron chi connectivity index (χ3n) is 3.71. The summed E-state index contributed by atoms with van der Waals surface area (Å²) >= 11 is 18.9. The molecule has 0 fully saturated rings. The van der Waals surface area contributed by atoms with Crippen molar-refractivity contribution in [3.05, 3.63) is 87.1 Å². The van der Waals surface area contributed by atoms with Crippen molar-refractivity contribution in [2.75, 3.05) is 0 Å². The van der Waals surface area contributed by atoms with Crippen molar-refractivity contribution >= 4 is 34.8 Å². The van der Waals surface area contributed by atoms with E-state index in [0.717, 1.165) is 16.7 Å². The highest BCUT2D eigenvalue weighted by Crippen LogP contribution is 2.23. The third kappa shape index (κ3) is 4.89. The molecule has 0 spiro atoms. The van der Waals surface area contributed by atoms with Gasteiger partial charge in [0, 0.05) is 88.6 Å². The third-order valence-corrected chi connectivity index (χ3v) is 4.82. The standard InChI is InChI=1S/C18H15Cl3N4/c19-16-1-4-22-7-13(16)10-25(11-14-8-23-5-2-17(14)20)12-15-9-24-6-3-18(15)21/h1-9H,10-12H2. The van der Waals surface area contributed by atoms with Crippen LogP contribution in [-0.2, 0) is 19.6 Å². The van der Waals surface area contributed by atoms with Crippen molar-refractivity contribution in [2.45, 2.75) is 19.6 Å². The Hall–Kier alpha value is -1.72. The van der Waals surface area contributed by atoms with Crippen LogP contribution in [0.25, 0.3) is 0 Å². The zero-order valence-electron chi connectivity index (χ0n) is 13.2. The molecule has 0 aromatic carbocycles. The second-order valence-electron chi connectivity index (χ2n) is 5.55. The molecular weight excluding hydrogens is 379 g/mol. The summed E-state index contributed by atoms with van der Waals surface area (Å²) in [6.07, 6.45) is 10.3. The minimum absolute atomic E-state index is 0.600. The van der Waals surface area contributed by atoms with E-state index < -0.39 is 0 Å². The predicted octanol–water partition coefficient (Wildman–Crippen LogP) is 5.03. The fourth-order valence-electron chi connectivity index (χ4n) is 2.47. The van der Waals surface area contributed by atoms with Crippen LogP contribution in [0.5, 0.6) is 0 Å². The minimum Gasteiger partial charge on any atom is -0.290 e. The first-order valence-electron chi connectivity index (χ1n) is 7.61. The van der Waals surface area contributed by atoms with Crippen LogP contribution in [-0.4, -0.2) is 19.9 Å². The monoisotopic (exact) mass is 392 g/mol. The molecule has 0 saturated heterocycles. The molecule has 0 N–H and O–H groups in total. The van der Waals surface area contributed by atoms with Crippen LogP contribution in [0.2, 0.25) is 15.1 Å². The van der Waals surface area contributed by atoms with E-state index in [0.29, 0.717) is 34.7 Å². The number of hydrogen-bond acceptors (Lipinski definition) is 4. The smallest absolute Gasteiger partial charge is 0.0481 e. The highest BCUT2D eigenvalue weighted by Gasteiger charge is 2.14. The lowest BCUT2D eigenvalue weighted by Gasteiger charge is -2.23. The maximum absolute atomic E-state index is 6.29. The quantitative estimate of drug-likeness (QED) is 0.589. The van der Waals surface area contributed by atoms with Gasteiger partial charge in [-0.05, 0) is 18.2 Å². The van der Waals surface area contributed by atoms with Crippen LogP contribution in [0, 0.1) is 0 Å². The number of nitrogens with zero attached hydrogens (tertiary/aromatic N) is 4. The van der Waals surface area contributed by atoms with E-state index in [1.165, 1.54) is 0 Å². The van der Waals surface area contributed by atoms with Gasteiger partial charge in [-0.1, -0.05) is 34.8 Å². The molecule has 0 aliphatic rings. The van der Waals surface area contributed by atoms with Gasteiger partial charge in [0.15, 0.2) is 0 Å². The molecule has 3 aromatic heterocycles. The summed E-state index contributed by atoms with van der Waals surface area (Å²) in [5, 5.41) is 2.03. The van der Waals surface area contributed by atoms with Crippen molar-refractivity contribution in [1.82, 2.24) is 19.9 Å². The van der Waals surface area contributed by atoms with Gasteiger partial charge in [0.05, 0.1) is 0 Å². The van der Waals surface area contributed by atoms with E-state index in [1.54, 1.807) is 55.4 Å². The Morgan fingerprint density at radius 3 is 1.20 bits per heavy atom. The SMILES string of the molecule is Clc1ccncc1CN(Cc1cnccc1Cl)Cc1cnccc1Cl. The van der Waals surface area contributed by atoms with Crippen LogP contribution in [0.4, 0.5) is 0 Å². The first-order valence-corrected chi connectivity index (χ1v) is 8.74. The molecule has 4 nitrogen and oxygen atoms in total. The highest BCUT2D eigenvalue weighted by molar-refractivity contribution is 6.31. The molecule has 0 bridgehead atoms. The lowest BCUT2D eigenvalue weighted by Crippen LogP contribution is -2.23. The largest absolute Gasteiger partial charge is 0.290 e. The molecule has 3 rings (SSSR count). The fourth-order valence-corrected chi connectivity index (χ4v) is 2.96. The lowest BCUT2D eigenvalue weighted by atomic mass is 10.2. The van der Waals surface area contributed by atoms with Crippen molar-refractivity contribution in [2.24, 2.45) is 0 Å². The van der Waals surface area contributed by atoms with Gasteiger partial charge >= 0.3 is 0 Å². The topological polar surface area (TPSA) is 41.9 Å². The number of rotatable bonds is 6.